The van der Waals surface area contributed by atoms with Crippen molar-refractivity contribution in [1.82, 2.24) is 10.2 Å². The van der Waals surface area contributed by atoms with E-state index in [4.69, 9.17) is 9.47 Å². The number of ether oxygens (including phenoxy) is 2. The number of rotatable bonds is 7. The zero-order valence-corrected chi connectivity index (χ0v) is 19.0. The van der Waals surface area contributed by atoms with Crippen molar-refractivity contribution in [2.24, 2.45) is 0 Å². The number of hydrogen-bond donors (Lipinski definition) is 2. The average Bonchev–Trinajstić information content (AvgIpc) is 2.78. The molecule has 0 aromatic heterocycles. The number of methoxy groups -OCH3 is 2. The van der Waals surface area contributed by atoms with Gasteiger partial charge in [0.25, 0.3) is 15.9 Å². The predicted molar refractivity (Wildman–Crippen MR) is 120 cm³/mol. The molecule has 1 aliphatic rings. The molecule has 3 rings (SSSR count). The van der Waals surface area contributed by atoms with Crippen molar-refractivity contribution in [3.63, 3.8) is 0 Å². The van der Waals surface area contributed by atoms with Crippen LogP contribution in [0.15, 0.2) is 41.3 Å². The molecule has 2 aromatic rings. The highest BCUT2D eigenvalue weighted by atomic mass is 32.2. The first-order valence-electron chi connectivity index (χ1n) is 9.83. The lowest BCUT2D eigenvalue weighted by Gasteiger charge is -2.31. The predicted octanol–water partition coefficient (Wildman–Crippen LogP) is 1.62. The van der Waals surface area contributed by atoms with Gasteiger partial charge in [0.1, 0.15) is 0 Å². The molecule has 0 radical (unpaired) electrons. The molecule has 168 valence electrons. The van der Waals surface area contributed by atoms with E-state index in [1.807, 2.05) is 0 Å². The normalized spacial score (nSPS) is 14.1. The van der Waals surface area contributed by atoms with E-state index in [9.17, 15) is 13.2 Å². The summed E-state index contributed by atoms with van der Waals surface area (Å²) in [6, 6.07) is 9.47. The molecule has 0 aliphatic carbocycles. The highest BCUT2D eigenvalue weighted by Gasteiger charge is 2.23. The maximum atomic E-state index is 13.2. The fourth-order valence-electron chi connectivity index (χ4n) is 3.38. The second kappa shape index (κ2) is 9.44. The van der Waals surface area contributed by atoms with Gasteiger partial charge in [-0.15, -0.1) is 0 Å². The van der Waals surface area contributed by atoms with E-state index in [1.54, 1.807) is 32.3 Å². The number of amides is 1. The van der Waals surface area contributed by atoms with E-state index in [1.165, 1.54) is 37.3 Å². The fourth-order valence-corrected chi connectivity index (χ4v) is 4.46. The summed E-state index contributed by atoms with van der Waals surface area (Å²) in [5, 5.41) is 3.28. The zero-order valence-electron chi connectivity index (χ0n) is 18.1. The summed E-state index contributed by atoms with van der Waals surface area (Å²) in [7, 11) is 2.29. The topological polar surface area (TPSA) is 100 Å². The number of benzene rings is 2. The summed E-state index contributed by atoms with van der Waals surface area (Å²) < 4.78 is 39.5. The summed E-state index contributed by atoms with van der Waals surface area (Å²) in [5.74, 6) is 0.532. The lowest BCUT2D eigenvalue weighted by molar-refractivity contribution is 0.0827. The first-order valence-corrected chi connectivity index (χ1v) is 11.3. The van der Waals surface area contributed by atoms with Gasteiger partial charge in [0, 0.05) is 51.9 Å². The fraction of sp³-hybridized carbons (Fsp3) is 0.381. The van der Waals surface area contributed by atoms with Crippen molar-refractivity contribution >= 4 is 27.3 Å². The van der Waals surface area contributed by atoms with Gasteiger partial charge in [0.15, 0.2) is 11.5 Å². The first-order chi connectivity index (χ1) is 14.8. The quantitative estimate of drug-likeness (QED) is 0.664. The molecule has 9 nitrogen and oxygen atoms in total. The van der Waals surface area contributed by atoms with Crippen LogP contribution in [0.3, 0.4) is 0 Å². The van der Waals surface area contributed by atoms with E-state index in [2.05, 4.69) is 14.9 Å². The van der Waals surface area contributed by atoms with Crippen LogP contribution in [0.4, 0.5) is 11.4 Å². The maximum Gasteiger partial charge on any atom is 0.262 e. The van der Waals surface area contributed by atoms with Crippen molar-refractivity contribution < 1.29 is 22.7 Å². The minimum Gasteiger partial charge on any atom is -0.493 e. The average molecular weight is 449 g/mol. The Morgan fingerprint density at radius 1 is 1.03 bits per heavy atom. The Balaban J connectivity index is 2.02. The van der Waals surface area contributed by atoms with E-state index >= 15 is 0 Å². The molecule has 0 unspecified atom stereocenters. The van der Waals surface area contributed by atoms with Gasteiger partial charge in [0.2, 0.25) is 0 Å². The summed E-state index contributed by atoms with van der Waals surface area (Å²) in [4.78, 5) is 16.0. The molecular formula is C21H28N4O5S. The molecule has 0 saturated carbocycles. The Hall–Kier alpha value is -2.98. The van der Waals surface area contributed by atoms with E-state index in [0.717, 1.165) is 31.9 Å². The van der Waals surface area contributed by atoms with Gasteiger partial charge in [0.05, 0.1) is 30.5 Å². The smallest absolute Gasteiger partial charge is 0.262 e. The van der Waals surface area contributed by atoms with Gasteiger partial charge in [-0.1, -0.05) is 0 Å². The van der Waals surface area contributed by atoms with Gasteiger partial charge in [-0.2, -0.15) is 0 Å². The second-order valence-corrected chi connectivity index (χ2v) is 8.97. The standard InChI is InChI=1S/C21H28N4O5S/c1-24(2)21(26)15-5-7-18(25-11-9-22-10-12-25)17(13-15)23-31(27,28)16-6-8-19(29-3)20(14-16)30-4/h5-8,13-14,22-23H,9-12H2,1-4H3. The lowest BCUT2D eigenvalue weighted by Crippen LogP contribution is -2.43. The summed E-state index contributed by atoms with van der Waals surface area (Å²) in [5.41, 5.74) is 1.47. The highest BCUT2D eigenvalue weighted by Crippen LogP contribution is 2.33. The first kappa shape index (κ1) is 22.7. The minimum absolute atomic E-state index is 0.0285. The Kier molecular flexibility index (Phi) is 6.91. The maximum absolute atomic E-state index is 13.2. The van der Waals surface area contributed by atoms with Crippen LogP contribution in [0.5, 0.6) is 11.5 Å². The number of carbonyl (C=O) groups is 1. The van der Waals surface area contributed by atoms with Crippen molar-refractivity contribution in [3.8, 4) is 11.5 Å². The number of anilines is 2. The Morgan fingerprint density at radius 2 is 1.71 bits per heavy atom. The summed E-state index contributed by atoms with van der Waals surface area (Å²) in [6.45, 7) is 3.04. The number of nitrogens with one attached hydrogen (secondary N) is 2. The number of sulfonamides is 1. The number of piperazine rings is 1. The van der Waals surface area contributed by atoms with Crippen LogP contribution >= 0.6 is 0 Å². The third-order valence-corrected chi connectivity index (χ3v) is 6.38. The lowest BCUT2D eigenvalue weighted by atomic mass is 10.1. The van der Waals surface area contributed by atoms with Crippen LogP contribution in [0.25, 0.3) is 0 Å². The third kappa shape index (κ3) is 5.02. The van der Waals surface area contributed by atoms with Gasteiger partial charge in [-0.25, -0.2) is 8.42 Å². The molecule has 0 spiro atoms. The summed E-state index contributed by atoms with van der Waals surface area (Å²) in [6.07, 6.45) is 0. The van der Waals surface area contributed by atoms with Crippen LogP contribution in [-0.4, -0.2) is 73.7 Å². The van der Waals surface area contributed by atoms with Crippen molar-refractivity contribution in [2.45, 2.75) is 4.90 Å². The third-order valence-electron chi connectivity index (χ3n) is 5.02. The molecule has 2 aromatic carbocycles. The molecule has 0 atom stereocenters. The van der Waals surface area contributed by atoms with E-state index < -0.39 is 10.0 Å². The van der Waals surface area contributed by atoms with Crippen molar-refractivity contribution in [3.05, 3.63) is 42.0 Å². The molecular weight excluding hydrogens is 420 g/mol. The number of carbonyl (C=O) groups excluding carboxylic acids is 1. The van der Waals surface area contributed by atoms with Gasteiger partial charge in [-0.05, 0) is 30.3 Å². The molecule has 1 aliphatic heterocycles. The van der Waals surface area contributed by atoms with Crippen LogP contribution in [0.2, 0.25) is 0 Å². The zero-order chi connectivity index (χ0) is 22.6. The van der Waals surface area contributed by atoms with Gasteiger partial charge in [-0.3, -0.25) is 9.52 Å². The monoisotopic (exact) mass is 448 g/mol. The molecule has 1 fully saturated rings. The molecule has 10 heteroatoms. The Labute approximate surface area is 183 Å². The van der Waals surface area contributed by atoms with Gasteiger partial charge < -0.3 is 24.6 Å². The SMILES string of the molecule is COc1ccc(S(=O)(=O)Nc2cc(C(=O)N(C)C)ccc2N2CCNCC2)cc1OC. The molecule has 1 saturated heterocycles. The molecule has 1 amide bonds. The van der Waals surface area contributed by atoms with Gasteiger partial charge >= 0.3 is 0 Å². The number of nitrogens with zero attached hydrogens (tertiary/aromatic N) is 2. The van der Waals surface area contributed by atoms with Crippen molar-refractivity contribution in [1.29, 1.82) is 0 Å². The summed E-state index contributed by atoms with van der Waals surface area (Å²) >= 11 is 0. The Bertz CT molecular complexity index is 1050. The highest BCUT2D eigenvalue weighted by molar-refractivity contribution is 7.92. The van der Waals surface area contributed by atoms with E-state index in [0.29, 0.717) is 22.7 Å². The van der Waals surface area contributed by atoms with E-state index in [-0.39, 0.29) is 10.8 Å². The molecule has 31 heavy (non-hydrogen) atoms. The van der Waals surface area contributed by atoms with Crippen LogP contribution in [0, 0.1) is 0 Å². The second-order valence-electron chi connectivity index (χ2n) is 7.29. The molecule has 1 heterocycles. The van der Waals surface area contributed by atoms with Crippen molar-refractivity contribution in [2.75, 3.05) is 64.1 Å². The molecule has 0 bridgehead atoms. The number of hydrogen-bond acceptors (Lipinski definition) is 7. The van der Waals surface area contributed by atoms with Crippen LogP contribution in [-0.2, 0) is 10.0 Å². The van der Waals surface area contributed by atoms with Crippen LogP contribution < -0.4 is 24.4 Å². The largest absolute Gasteiger partial charge is 0.493 e. The molecule has 2 N–H and O–H groups in total. The van der Waals surface area contributed by atoms with Crippen LogP contribution in [0.1, 0.15) is 10.4 Å². The minimum atomic E-state index is -3.95. The Morgan fingerprint density at radius 3 is 2.32 bits per heavy atom.